The quantitative estimate of drug-likeness (QED) is 0.386. The smallest absolute Gasteiger partial charge is 0.242 e. The highest BCUT2D eigenvalue weighted by molar-refractivity contribution is 7.99. The van der Waals surface area contributed by atoms with Gasteiger partial charge in [0.2, 0.25) is 5.91 Å². The van der Waals surface area contributed by atoms with E-state index in [1.54, 1.807) is 0 Å². The lowest BCUT2D eigenvalue weighted by Gasteiger charge is -2.15. The predicted octanol–water partition coefficient (Wildman–Crippen LogP) is 2.83. The third kappa shape index (κ3) is 4.03. The van der Waals surface area contributed by atoms with E-state index in [1.165, 1.54) is 17.8 Å². The molecule has 0 aliphatic carbocycles. The molecule has 2 rings (SSSR count). The largest absolute Gasteiger partial charge is 0.294 e. The third-order valence-corrected chi connectivity index (χ3v) is 4.06. The van der Waals surface area contributed by atoms with E-state index in [-0.39, 0.29) is 5.91 Å². The van der Waals surface area contributed by atoms with Gasteiger partial charge in [0.05, 0.1) is 5.92 Å². The van der Waals surface area contributed by atoms with Crippen LogP contribution in [0.3, 0.4) is 0 Å². The summed E-state index contributed by atoms with van der Waals surface area (Å²) in [7, 11) is 0. The summed E-state index contributed by atoms with van der Waals surface area (Å²) in [5.41, 5.74) is 2.95. The molecule has 110 valence electrons. The number of amides is 1. The van der Waals surface area contributed by atoms with Gasteiger partial charge in [-0.05, 0) is 23.8 Å². The number of carbonyl (C=O) groups is 1. The summed E-state index contributed by atoms with van der Waals surface area (Å²) in [6.07, 6.45) is 0. The van der Waals surface area contributed by atoms with Crippen LogP contribution in [0.5, 0.6) is 0 Å². The first kappa shape index (κ1) is 15.5. The molecular weight excluding hydrogens is 294 g/mol. The highest BCUT2D eigenvalue weighted by Gasteiger charge is 2.20. The molecule has 0 spiro atoms. The molecule has 6 heteroatoms. The monoisotopic (exact) mass is 308 g/mol. The van der Waals surface area contributed by atoms with Gasteiger partial charge in [-0.1, -0.05) is 30.3 Å². The van der Waals surface area contributed by atoms with Gasteiger partial charge in [0.15, 0.2) is 11.6 Å². The van der Waals surface area contributed by atoms with Crippen LogP contribution in [0.4, 0.5) is 8.78 Å². The Bertz CT molecular complexity index is 622. The molecule has 21 heavy (non-hydrogen) atoms. The molecule has 0 heterocycles. The van der Waals surface area contributed by atoms with Crippen molar-refractivity contribution in [3.05, 3.63) is 65.7 Å². The first-order chi connectivity index (χ1) is 10.1. The molecule has 0 fully saturated rings. The lowest BCUT2D eigenvalue weighted by Crippen LogP contribution is -2.35. The molecule has 1 unspecified atom stereocenters. The van der Waals surface area contributed by atoms with Crippen molar-refractivity contribution in [3.8, 4) is 0 Å². The maximum Gasteiger partial charge on any atom is 0.242 e. The van der Waals surface area contributed by atoms with Crippen LogP contribution in [0.1, 0.15) is 11.5 Å². The van der Waals surface area contributed by atoms with E-state index in [4.69, 9.17) is 5.84 Å². The predicted molar refractivity (Wildman–Crippen MR) is 78.6 cm³/mol. The SMILES string of the molecule is NNC(=O)C(CSc1ccc(F)c(F)c1)c1ccccc1. The molecule has 0 aliphatic heterocycles. The standard InChI is InChI=1S/C15H14F2N2OS/c16-13-7-6-11(8-14(13)17)21-9-12(15(20)19-18)10-4-2-1-3-5-10/h1-8,12H,9,18H2,(H,19,20). The van der Waals surface area contributed by atoms with Crippen molar-refractivity contribution in [3.63, 3.8) is 0 Å². The molecule has 0 aromatic heterocycles. The topological polar surface area (TPSA) is 55.1 Å². The summed E-state index contributed by atoms with van der Waals surface area (Å²) in [6, 6.07) is 12.8. The normalized spacial score (nSPS) is 12.0. The maximum absolute atomic E-state index is 13.2. The number of nitrogens with two attached hydrogens (primary N) is 1. The number of nitrogens with one attached hydrogen (secondary N) is 1. The molecule has 3 nitrogen and oxygen atoms in total. The van der Waals surface area contributed by atoms with Crippen molar-refractivity contribution in [1.29, 1.82) is 0 Å². The summed E-state index contributed by atoms with van der Waals surface area (Å²) < 4.78 is 26.0. The fourth-order valence-corrected chi connectivity index (χ4v) is 2.91. The summed E-state index contributed by atoms with van der Waals surface area (Å²) in [5, 5.41) is 0. The minimum Gasteiger partial charge on any atom is -0.294 e. The minimum atomic E-state index is -0.903. The number of halogens is 2. The average molecular weight is 308 g/mol. The van der Waals surface area contributed by atoms with Gasteiger partial charge in [0, 0.05) is 10.6 Å². The molecule has 0 radical (unpaired) electrons. The lowest BCUT2D eigenvalue weighted by molar-refractivity contribution is -0.122. The molecular formula is C15H14F2N2OS. The van der Waals surface area contributed by atoms with Crippen LogP contribution >= 0.6 is 11.8 Å². The molecule has 1 amide bonds. The Kier molecular flexibility index (Phi) is 5.30. The van der Waals surface area contributed by atoms with Crippen molar-refractivity contribution in [1.82, 2.24) is 5.43 Å². The Labute approximate surface area is 125 Å². The minimum absolute atomic E-state index is 0.323. The molecule has 0 aliphatic rings. The van der Waals surface area contributed by atoms with Gasteiger partial charge < -0.3 is 0 Å². The highest BCUT2D eigenvalue weighted by atomic mass is 32.2. The second kappa shape index (κ2) is 7.19. The average Bonchev–Trinajstić information content (AvgIpc) is 2.51. The summed E-state index contributed by atoms with van der Waals surface area (Å²) >= 11 is 1.27. The third-order valence-electron chi connectivity index (χ3n) is 2.97. The number of hydrazine groups is 1. The van der Waals surface area contributed by atoms with Crippen LogP contribution in [0, 0.1) is 11.6 Å². The summed E-state index contributed by atoms with van der Waals surface area (Å²) in [5.74, 6) is 3.00. The van der Waals surface area contributed by atoms with Gasteiger partial charge in [-0.25, -0.2) is 14.6 Å². The number of carbonyl (C=O) groups excluding carboxylic acids is 1. The summed E-state index contributed by atoms with van der Waals surface area (Å²) in [6.45, 7) is 0. The van der Waals surface area contributed by atoms with Crippen molar-refractivity contribution in [2.75, 3.05) is 5.75 Å². The van der Waals surface area contributed by atoms with Crippen molar-refractivity contribution in [2.24, 2.45) is 5.84 Å². The van der Waals surface area contributed by atoms with Crippen molar-refractivity contribution >= 4 is 17.7 Å². The number of thioether (sulfide) groups is 1. The fraction of sp³-hybridized carbons (Fsp3) is 0.133. The molecule has 3 N–H and O–H groups in total. The lowest BCUT2D eigenvalue weighted by atomic mass is 10.0. The van der Waals surface area contributed by atoms with E-state index in [1.807, 2.05) is 30.3 Å². The van der Waals surface area contributed by atoms with Gasteiger partial charge in [0.1, 0.15) is 0 Å². The van der Waals surface area contributed by atoms with Crippen LogP contribution in [-0.2, 0) is 4.79 Å². The van der Waals surface area contributed by atoms with E-state index < -0.39 is 17.6 Å². The molecule has 0 bridgehead atoms. The summed E-state index contributed by atoms with van der Waals surface area (Å²) in [4.78, 5) is 12.4. The number of hydrogen-bond acceptors (Lipinski definition) is 3. The van der Waals surface area contributed by atoms with Crippen molar-refractivity contribution < 1.29 is 13.6 Å². The first-order valence-corrected chi connectivity index (χ1v) is 7.23. The first-order valence-electron chi connectivity index (χ1n) is 6.25. The Morgan fingerprint density at radius 2 is 1.86 bits per heavy atom. The molecule has 0 saturated carbocycles. The Hall–Kier alpha value is -1.92. The van der Waals surface area contributed by atoms with Crippen LogP contribution in [0.15, 0.2) is 53.4 Å². The zero-order valence-electron chi connectivity index (χ0n) is 11.1. The zero-order valence-corrected chi connectivity index (χ0v) is 11.9. The molecule has 2 aromatic carbocycles. The van der Waals surface area contributed by atoms with Crippen LogP contribution < -0.4 is 11.3 Å². The number of benzene rings is 2. The Morgan fingerprint density at radius 1 is 1.14 bits per heavy atom. The zero-order chi connectivity index (χ0) is 15.2. The van der Waals surface area contributed by atoms with Gasteiger partial charge in [-0.2, -0.15) is 0 Å². The molecule has 1 atom stereocenters. The second-order valence-electron chi connectivity index (χ2n) is 4.36. The van der Waals surface area contributed by atoms with Gasteiger partial charge in [-0.3, -0.25) is 10.2 Å². The second-order valence-corrected chi connectivity index (χ2v) is 5.45. The van der Waals surface area contributed by atoms with Gasteiger partial charge in [-0.15, -0.1) is 11.8 Å². The Balaban J connectivity index is 2.12. The number of hydrogen-bond donors (Lipinski definition) is 2. The molecule has 2 aromatic rings. The fourth-order valence-electron chi connectivity index (χ4n) is 1.86. The molecule has 0 saturated heterocycles. The van der Waals surface area contributed by atoms with Gasteiger partial charge >= 0.3 is 0 Å². The Morgan fingerprint density at radius 3 is 2.48 bits per heavy atom. The van der Waals surface area contributed by atoms with Crippen LogP contribution in [-0.4, -0.2) is 11.7 Å². The van der Waals surface area contributed by atoms with E-state index in [9.17, 15) is 13.6 Å². The highest BCUT2D eigenvalue weighted by Crippen LogP contribution is 2.27. The van der Waals surface area contributed by atoms with Crippen LogP contribution in [0.2, 0.25) is 0 Å². The van der Waals surface area contributed by atoms with Crippen molar-refractivity contribution in [2.45, 2.75) is 10.8 Å². The van der Waals surface area contributed by atoms with E-state index in [0.717, 1.165) is 17.7 Å². The number of rotatable bonds is 5. The van der Waals surface area contributed by atoms with Gasteiger partial charge in [0.25, 0.3) is 0 Å². The maximum atomic E-state index is 13.2. The van der Waals surface area contributed by atoms with E-state index in [0.29, 0.717) is 10.6 Å². The van der Waals surface area contributed by atoms with Crippen LogP contribution in [0.25, 0.3) is 0 Å². The van der Waals surface area contributed by atoms with E-state index >= 15 is 0 Å². The van der Waals surface area contributed by atoms with E-state index in [2.05, 4.69) is 5.43 Å².